The number of benzene rings is 2. The molecule has 3 rings (SSSR count). The molecule has 3 nitrogen and oxygen atoms in total. The number of aromatic hydroxyl groups is 1. The van der Waals surface area contributed by atoms with Crippen LogP contribution in [0.25, 0.3) is 21.7 Å². The molecular weight excluding hydrogens is 264 g/mol. The van der Waals surface area contributed by atoms with Crippen LogP contribution in [0.3, 0.4) is 0 Å². The zero-order valence-corrected chi connectivity index (χ0v) is 12.7. The maximum absolute atomic E-state index is 11.6. The summed E-state index contributed by atoms with van der Waals surface area (Å²) in [5.74, 6) is 0.256. The van der Waals surface area contributed by atoms with E-state index in [-0.39, 0.29) is 16.8 Å². The fourth-order valence-electron chi connectivity index (χ4n) is 2.77. The highest BCUT2D eigenvalue weighted by molar-refractivity contribution is 6.07. The molecule has 0 fully saturated rings. The van der Waals surface area contributed by atoms with Crippen LogP contribution in [0.1, 0.15) is 31.9 Å². The van der Waals surface area contributed by atoms with Crippen LogP contribution in [0.5, 0.6) is 5.75 Å². The molecule has 0 aliphatic carbocycles. The van der Waals surface area contributed by atoms with Crippen LogP contribution in [0.15, 0.2) is 39.5 Å². The standard InChI is InChI=1S/C18H18O3/c1-10-9-15(19)21-17-11(10)5-6-12-13(17)7-8-14(16(12)20)18(2,3)4/h5-9,20H,1-4H3. The summed E-state index contributed by atoms with van der Waals surface area (Å²) in [5.41, 5.74) is 1.77. The maximum atomic E-state index is 11.6. The Morgan fingerprint density at radius 1 is 1.00 bits per heavy atom. The van der Waals surface area contributed by atoms with E-state index in [0.717, 1.165) is 21.9 Å². The van der Waals surface area contributed by atoms with E-state index in [2.05, 4.69) is 20.8 Å². The monoisotopic (exact) mass is 282 g/mol. The smallest absolute Gasteiger partial charge is 0.336 e. The minimum absolute atomic E-state index is 0.152. The number of fused-ring (bicyclic) bond motifs is 3. The van der Waals surface area contributed by atoms with Gasteiger partial charge in [0.25, 0.3) is 0 Å². The minimum atomic E-state index is -0.369. The van der Waals surface area contributed by atoms with Gasteiger partial charge in [0, 0.05) is 22.2 Å². The van der Waals surface area contributed by atoms with E-state index < -0.39 is 0 Å². The van der Waals surface area contributed by atoms with Gasteiger partial charge in [-0.15, -0.1) is 0 Å². The van der Waals surface area contributed by atoms with Crippen LogP contribution < -0.4 is 5.63 Å². The molecule has 0 atom stereocenters. The highest BCUT2D eigenvalue weighted by Crippen LogP contribution is 2.38. The highest BCUT2D eigenvalue weighted by atomic mass is 16.4. The van der Waals surface area contributed by atoms with Gasteiger partial charge in [0.2, 0.25) is 0 Å². The number of phenols is 1. The van der Waals surface area contributed by atoms with E-state index in [1.54, 1.807) is 0 Å². The van der Waals surface area contributed by atoms with Crippen molar-refractivity contribution in [3.63, 3.8) is 0 Å². The van der Waals surface area contributed by atoms with E-state index in [1.165, 1.54) is 6.07 Å². The predicted octanol–water partition coefficient (Wildman–Crippen LogP) is 4.26. The fourth-order valence-corrected chi connectivity index (χ4v) is 2.77. The van der Waals surface area contributed by atoms with Gasteiger partial charge in [0.15, 0.2) is 0 Å². The first-order valence-electron chi connectivity index (χ1n) is 6.98. The fraction of sp³-hybridized carbons (Fsp3) is 0.278. The Morgan fingerprint density at radius 2 is 1.62 bits per heavy atom. The molecule has 0 aliphatic rings. The Kier molecular flexibility index (Phi) is 2.84. The predicted molar refractivity (Wildman–Crippen MR) is 85.1 cm³/mol. The summed E-state index contributed by atoms with van der Waals surface area (Å²) in [6, 6.07) is 9.08. The van der Waals surface area contributed by atoms with Gasteiger partial charge in [-0.1, -0.05) is 39.0 Å². The van der Waals surface area contributed by atoms with Gasteiger partial charge in [0.05, 0.1) is 0 Å². The summed E-state index contributed by atoms with van der Waals surface area (Å²) in [6.45, 7) is 8.05. The van der Waals surface area contributed by atoms with Crippen molar-refractivity contribution in [3.8, 4) is 5.75 Å². The molecule has 1 aromatic heterocycles. The molecule has 3 aromatic rings. The molecule has 0 radical (unpaired) electrons. The Balaban J connectivity index is 2.49. The van der Waals surface area contributed by atoms with Crippen LogP contribution in [0.2, 0.25) is 0 Å². The van der Waals surface area contributed by atoms with E-state index in [1.807, 2.05) is 31.2 Å². The molecule has 1 N–H and O–H groups in total. The third-order valence-corrected chi connectivity index (χ3v) is 3.89. The summed E-state index contributed by atoms with van der Waals surface area (Å²) in [7, 11) is 0. The second-order valence-corrected chi connectivity index (χ2v) is 6.50. The van der Waals surface area contributed by atoms with Crippen molar-refractivity contribution in [1.82, 2.24) is 0 Å². The molecular formula is C18H18O3. The van der Waals surface area contributed by atoms with Crippen molar-refractivity contribution < 1.29 is 9.52 Å². The third-order valence-electron chi connectivity index (χ3n) is 3.89. The molecule has 0 spiro atoms. The molecule has 3 heteroatoms. The van der Waals surface area contributed by atoms with Crippen molar-refractivity contribution in [2.45, 2.75) is 33.1 Å². The largest absolute Gasteiger partial charge is 0.507 e. The Hall–Kier alpha value is -2.29. The van der Waals surface area contributed by atoms with E-state index in [4.69, 9.17) is 4.42 Å². The van der Waals surface area contributed by atoms with Gasteiger partial charge < -0.3 is 9.52 Å². The average Bonchev–Trinajstić information content (AvgIpc) is 2.37. The van der Waals surface area contributed by atoms with E-state index in [0.29, 0.717) is 11.0 Å². The lowest BCUT2D eigenvalue weighted by molar-refractivity contribution is 0.452. The van der Waals surface area contributed by atoms with Crippen molar-refractivity contribution >= 4 is 21.7 Å². The van der Waals surface area contributed by atoms with Crippen molar-refractivity contribution in [2.75, 3.05) is 0 Å². The van der Waals surface area contributed by atoms with Crippen LogP contribution in [0, 0.1) is 6.92 Å². The molecule has 108 valence electrons. The minimum Gasteiger partial charge on any atom is -0.507 e. The van der Waals surface area contributed by atoms with Gasteiger partial charge in [-0.2, -0.15) is 0 Å². The number of rotatable bonds is 0. The lowest BCUT2D eigenvalue weighted by Crippen LogP contribution is -2.11. The van der Waals surface area contributed by atoms with Crippen molar-refractivity contribution in [3.05, 3.63) is 51.9 Å². The molecule has 0 saturated carbocycles. The van der Waals surface area contributed by atoms with Crippen LogP contribution in [-0.4, -0.2) is 5.11 Å². The number of aryl methyl sites for hydroxylation is 1. The molecule has 0 aliphatic heterocycles. The van der Waals surface area contributed by atoms with Gasteiger partial charge in [-0.3, -0.25) is 0 Å². The Bertz CT molecular complexity index is 912. The molecule has 2 aromatic carbocycles. The molecule has 0 unspecified atom stereocenters. The first-order valence-corrected chi connectivity index (χ1v) is 6.98. The SMILES string of the molecule is Cc1cc(=O)oc2c1ccc1c(O)c(C(C)(C)C)ccc12. The Labute approximate surface area is 122 Å². The molecule has 21 heavy (non-hydrogen) atoms. The van der Waals surface area contributed by atoms with E-state index >= 15 is 0 Å². The number of hydrogen-bond acceptors (Lipinski definition) is 3. The van der Waals surface area contributed by atoms with Crippen LogP contribution in [-0.2, 0) is 5.41 Å². The summed E-state index contributed by atoms with van der Waals surface area (Å²) < 4.78 is 5.37. The van der Waals surface area contributed by atoms with Crippen LogP contribution in [0.4, 0.5) is 0 Å². The first kappa shape index (κ1) is 13.7. The van der Waals surface area contributed by atoms with Crippen molar-refractivity contribution in [1.29, 1.82) is 0 Å². The normalized spacial score (nSPS) is 12.2. The molecule has 0 amide bonds. The van der Waals surface area contributed by atoms with Gasteiger partial charge in [0.1, 0.15) is 11.3 Å². The second kappa shape index (κ2) is 4.35. The quantitative estimate of drug-likeness (QED) is 0.495. The van der Waals surface area contributed by atoms with Gasteiger partial charge >= 0.3 is 5.63 Å². The van der Waals surface area contributed by atoms with Crippen molar-refractivity contribution in [2.24, 2.45) is 0 Å². The second-order valence-electron chi connectivity index (χ2n) is 6.50. The lowest BCUT2D eigenvalue weighted by atomic mass is 9.84. The van der Waals surface area contributed by atoms with Crippen LogP contribution >= 0.6 is 0 Å². The topological polar surface area (TPSA) is 50.4 Å². The summed E-state index contributed by atoms with van der Waals surface area (Å²) >= 11 is 0. The van der Waals surface area contributed by atoms with E-state index in [9.17, 15) is 9.90 Å². The highest BCUT2D eigenvalue weighted by Gasteiger charge is 2.20. The molecule has 1 heterocycles. The zero-order valence-electron chi connectivity index (χ0n) is 12.7. The van der Waals surface area contributed by atoms with Gasteiger partial charge in [-0.05, 0) is 29.5 Å². The lowest BCUT2D eigenvalue weighted by Gasteiger charge is -2.21. The number of hydrogen-bond donors (Lipinski definition) is 1. The average molecular weight is 282 g/mol. The molecule has 0 bridgehead atoms. The summed E-state index contributed by atoms with van der Waals surface area (Å²) in [5, 5.41) is 12.9. The molecule has 0 saturated heterocycles. The maximum Gasteiger partial charge on any atom is 0.336 e. The third kappa shape index (κ3) is 2.09. The van der Waals surface area contributed by atoms with Gasteiger partial charge in [-0.25, -0.2) is 4.79 Å². The Morgan fingerprint density at radius 3 is 2.29 bits per heavy atom. The first-order chi connectivity index (χ1) is 9.79. The summed E-state index contributed by atoms with van der Waals surface area (Å²) in [4.78, 5) is 11.6. The summed E-state index contributed by atoms with van der Waals surface area (Å²) in [6.07, 6.45) is 0. The zero-order chi connectivity index (χ0) is 15.4. The number of phenolic OH excluding ortho intramolecular Hbond substituents is 1.